The summed E-state index contributed by atoms with van der Waals surface area (Å²) in [7, 11) is 0. The smallest absolute Gasteiger partial charge is 0.317 e. The number of carbonyl (C=O) groups is 2. The van der Waals surface area contributed by atoms with Gasteiger partial charge in [-0.15, -0.1) is 0 Å². The van der Waals surface area contributed by atoms with Crippen molar-refractivity contribution in [3.05, 3.63) is 35.4 Å². The molecule has 3 amide bonds. The summed E-state index contributed by atoms with van der Waals surface area (Å²) in [4.78, 5) is 26.2. The Morgan fingerprint density at radius 3 is 2.88 bits per heavy atom. The van der Waals surface area contributed by atoms with Gasteiger partial charge >= 0.3 is 6.03 Å². The number of nitrogens with one attached hydrogen (secondary N) is 2. The first-order chi connectivity index (χ1) is 11.6. The van der Waals surface area contributed by atoms with Crippen molar-refractivity contribution in [2.45, 2.75) is 38.0 Å². The number of benzene rings is 1. The molecule has 0 bridgehead atoms. The lowest BCUT2D eigenvalue weighted by Gasteiger charge is -2.24. The molecule has 1 heterocycles. The Kier molecular flexibility index (Phi) is 7.43. The van der Waals surface area contributed by atoms with E-state index in [4.69, 9.17) is 0 Å². The molecule has 2 rings (SSSR count). The molecule has 1 aliphatic rings. The molecule has 0 spiro atoms. The van der Waals surface area contributed by atoms with Crippen molar-refractivity contribution in [2.24, 2.45) is 0 Å². The molecular weight excluding hydrogens is 322 g/mol. The number of thioether (sulfide) groups is 1. The SMILES string of the molecule is CCNC(=O)c1cccc(CNC(=O)N2CCCC[C@H](SC)C2)c1. The van der Waals surface area contributed by atoms with Crippen LogP contribution in [0.1, 0.15) is 42.1 Å². The minimum Gasteiger partial charge on any atom is -0.352 e. The highest BCUT2D eigenvalue weighted by Gasteiger charge is 2.21. The molecule has 1 fully saturated rings. The highest BCUT2D eigenvalue weighted by Crippen LogP contribution is 2.20. The van der Waals surface area contributed by atoms with E-state index < -0.39 is 0 Å². The zero-order valence-corrected chi connectivity index (χ0v) is 15.3. The molecule has 0 aromatic heterocycles. The molecular formula is C18H27N3O2S. The van der Waals surface area contributed by atoms with Gasteiger partial charge in [0.1, 0.15) is 0 Å². The molecule has 1 aromatic carbocycles. The zero-order valence-electron chi connectivity index (χ0n) is 14.5. The van der Waals surface area contributed by atoms with Crippen LogP contribution in [0.3, 0.4) is 0 Å². The lowest BCUT2D eigenvalue weighted by Crippen LogP contribution is -2.42. The standard InChI is InChI=1S/C18H27N3O2S/c1-3-19-17(22)15-8-6-7-14(11-15)12-20-18(23)21-10-5-4-9-16(13-21)24-2/h6-8,11,16H,3-5,9-10,12-13H2,1-2H3,(H,19,22)(H,20,23)/t16-/m0/s1. The number of carbonyl (C=O) groups excluding carboxylic acids is 2. The molecule has 0 unspecified atom stereocenters. The Balaban J connectivity index is 1.91. The predicted octanol–water partition coefficient (Wildman–Crippen LogP) is 2.86. The molecule has 1 saturated heterocycles. The zero-order chi connectivity index (χ0) is 17.4. The van der Waals surface area contributed by atoms with Gasteiger partial charge in [-0.05, 0) is 43.7 Å². The molecule has 1 atom stereocenters. The third-order valence-corrected chi connectivity index (χ3v) is 5.27. The minimum atomic E-state index is -0.0824. The maximum atomic E-state index is 12.4. The van der Waals surface area contributed by atoms with Crippen LogP contribution in [0.2, 0.25) is 0 Å². The van der Waals surface area contributed by atoms with E-state index in [2.05, 4.69) is 16.9 Å². The van der Waals surface area contributed by atoms with Crippen molar-refractivity contribution in [1.29, 1.82) is 0 Å². The van der Waals surface area contributed by atoms with Crippen LogP contribution in [-0.2, 0) is 6.54 Å². The fraction of sp³-hybridized carbons (Fsp3) is 0.556. The van der Waals surface area contributed by atoms with E-state index >= 15 is 0 Å². The summed E-state index contributed by atoms with van der Waals surface area (Å²) in [6.45, 7) is 4.57. The maximum Gasteiger partial charge on any atom is 0.317 e. The molecule has 1 aromatic rings. The first-order valence-corrected chi connectivity index (χ1v) is 9.85. The highest BCUT2D eigenvalue weighted by atomic mass is 32.2. The molecule has 132 valence electrons. The van der Waals surface area contributed by atoms with Crippen molar-refractivity contribution >= 4 is 23.7 Å². The summed E-state index contributed by atoms with van der Waals surface area (Å²) >= 11 is 1.84. The average molecular weight is 350 g/mol. The van der Waals surface area contributed by atoms with Crippen molar-refractivity contribution in [3.8, 4) is 0 Å². The van der Waals surface area contributed by atoms with E-state index in [-0.39, 0.29) is 11.9 Å². The summed E-state index contributed by atoms with van der Waals surface area (Å²) in [6.07, 6.45) is 5.54. The Bertz CT molecular complexity index is 565. The number of hydrogen-bond donors (Lipinski definition) is 2. The largest absolute Gasteiger partial charge is 0.352 e. The third kappa shape index (κ3) is 5.44. The molecule has 5 nitrogen and oxygen atoms in total. The minimum absolute atomic E-state index is 0.0145. The van der Waals surface area contributed by atoms with Gasteiger partial charge in [0.15, 0.2) is 0 Å². The first-order valence-electron chi connectivity index (χ1n) is 8.56. The fourth-order valence-electron chi connectivity index (χ4n) is 2.85. The van der Waals surface area contributed by atoms with E-state index in [1.807, 2.05) is 41.8 Å². The molecule has 24 heavy (non-hydrogen) atoms. The summed E-state index contributed by atoms with van der Waals surface area (Å²) in [5, 5.41) is 6.30. The summed E-state index contributed by atoms with van der Waals surface area (Å²) in [6, 6.07) is 7.38. The first kappa shape index (κ1) is 18.6. The summed E-state index contributed by atoms with van der Waals surface area (Å²) in [5.74, 6) is -0.0824. The Morgan fingerprint density at radius 1 is 1.29 bits per heavy atom. The van der Waals surface area contributed by atoms with Crippen LogP contribution in [0.4, 0.5) is 4.79 Å². The Hall–Kier alpha value is -1.69. The van der Waals surface area contributed by atoms with E-state index in [0.717, 1.165) is 25.1 Å². The van der Waals surface area contributed by atoms with Gasteiger partial charge in [-0.25, -0.2) is 4.79 Å². The maximum absolute atomic E-state index is 12.4. The van der Waals surface area contributed by atoms with Crippen molar-refractivity contribution < 1.29 is 9.59 Å². The van der Waals surface area contributed by atoms with E-state index in [1.165, 1.54) is 12.8 Å². The molecule has 0 radical (unpaired) electrons. The second-order valence-electron chi connectivity index (χ2n) is 6.02. The van der Waals surface area contributed by atoms with Crippen molar-refractivity contribution in [2.75, 3.05) is 25.9 Å². The monoisotopic (exact) mass is 349 g/mol. The van der Waals surface area contributed by atoms with Gasteiger partial charge in [-0.3, -0.25) is 4.79 Å². The Labute approximate surface area is 148 Å². The van der Waals surface area contributed by atoms with Crippen LogP contribution < -0.4 is 10.6 Å². The second kappa shape index (κ2) is 9.57. The number of likely N-dealkylation sites (tertiary alicyclic amines) is 1. The van der Waals surface area contributed by atoms with E-state index in [1.54, 1.807) is 6.07 Å². The van der Waals surface area contributed by atoms with Gasteiger partial charge in [0.05, 0.1) is 0 Å². The number of amides is 3. The number of rotatable bonds is 5. The van der Waals surface area contributed by atoms with Crippen molar-refractivity contribution in [3.63, 3.8) is 0 Å². The summed E-state index contributed by atoms with van der Waals surface area (Å²) in [5.41, 5.74) is 1.56. The lowest BCUT2D eigenvalue weighted by atomic mass is 10.1. The van der Waals surface area contributed by atoms with Crippen LogP contribution in [-0.4, -0.2) is 48.0 Å². The normalized spacial score (nSPS) is 17.9. The molecule has 2 N–H and O–H groups in total. The average Bonchev–Trinajstić information content (AvgIpc) is 2.86. The van der Waals surface area contributed by atoms with Crippen molar-refractivity contribution in [1.82, 2.24) is 15.5 Å². The Morgan fingerprint density at radius 2 is 2.12 bits per heavy atom. The van der Waals surface area contributed by atoms with Gasteiger partial charge in [0.25, 0.3) is 5.91 Å². The predicted molar refractivity (Wildman–Crippen MR) is 99.4 cm³/mol. The third-order valence-electron chi connectivity index (χ3n) is 4.22. The van der Waals surface area contributed by atoms with E-state index in [9.17, 15) is 9.59 Å². The van der Waals surface area contributed by atoms with Crippen LogP contribution in [0, 0.1) is 0 Å². The molecule has 0 saturated carbocycles. The molecule has 0 aliphatic carbocycles. The lowest BCUT2D eigenvalue weighted by molar-refractivity contribution is 0.0955. The van der Waals surface area contributed by atoms with Crippen LogP contribution in [0.15, 0.2) is 24.3 Å². The van der Waals surface area contributed by atoms with Crippen LogP contribution >= 0.6 is 11.8 Å². The van der Waals surface area contributed by atoms with Gasteiger partial charge < -0.3 is 15.5 Å². The van der Waals surface area contributed by atoms with Gasteiger partial charge in [0, 0.05) is 37.0 Å². The van der Waals surface area contributed by atoms with E-state index in [0.29, 0.717) is 23.9 Å². The quantitative estimate of drug-likeness (QED) is 0.859. The number of urea groups is 1. The number of nitrogens with zero attached hydrogens (tertiary/aromatic N) is 1. The van der Waals surface area contributed by atoms with Crippen LogP contribution in [0.25, 0.3) is 0 Å². The van der Waals surface area contributed by atoms with Crippen LogP contribution in [0.5, 0.6) is 0 Å². The second-order valence-corrected chi connectivity index (χ2v) is 7.16. The molecule has 6 heteroatoms. The highest BCUT2D eigenvalue weighted by molar-refractivity contribution is 7.99. The molecule has 1 aliphatic heterocycles. The fourth-order valence-corrected chi connectivity index (χ4v) is 3.59. The van der Waals surface area contributed by atoms with Gasteiger partial charge in [-0.2, -0.15) is 11.8 Å². The number of hydrogen-bond acceptors (Lipinski definition) is 3. The van der Waals surface area contributed by atoms with Gasteiger partial charge in [0.2, 0.25) is 0 Å². The van der Waals surface area contributed by atoms with Gasteiger partial charge in [-0.1, -0.05) is 18.6 Å². The summed E-state index contributed by atoms with van der Waals surface area (Å²) < 4.78 is 0. The topological polar surface area (TPSA) is 61.4 Å².